The number of nitrogens with one attached hydrogen (secondary N) is 1. The van der Waals surface area contributed by atoms with Crippen LogP contribution in [0.3, 0.4) is 0 Å². The number of nitrogens with zero attached hydrogens (tertiary/aromatic N) is 1. The Balaban J connectivity index is 1.48. The number of phenols is 1. The molecule has 0 bridgehead atoms. The SMILES string of the molecule is O=C(NC1CCCC1)[C@H](c1ccc(O)cc1)N(C(=O)[C@@H]1COc2ccccc2O1)C1CCCC1. The lowest BCUT2D eigenvalue weighted by Gasteiger charge is -2.39. The van der Waals surface area contributed by atoms with Crippen molar-refractivity contribution < 1.29 is 24.2 Å². The highest BCUT2D eigenvalue weighted by molar-refractivity contribution is 5.91. The first-order chi connectivity index (χ1) is 16.6. The number of hydrogen-bond acceptors (Lipinski definition) is 5. The summed E-state index contributed by atoms with van der Waals surface area (Å²) in [6.45, 7) is 0.103. The topological polar surface area (TPSA) is 88.1 Å². The van der Waals surface area contributed by atoms with Crippen LogP contribution in [-0.4, -0.2) is 46.6 Å². The summed E-state index contributed by atoms with van der Waals surface area (Å²) in [6.07, 6.45) is 7.04. The molecule has 7 heteroatoms. The molecule has 0 spiro atoms. The predicted molar refractivity (Wildman–Crippen MR) is 127 cm³/mol. The molecule has 2 atom stereocenters. The quantitative estimate of drug-likeness (QED) is 0.672. The van der Waals surface area contributed by atoms with Gasteiger partial charge in [0.25, 0.3) is 5.91 Å². The molecule has 2 amide bonds. The van der Waals surface area contributed by atoms with Gasteiger partial charge in [-0.3, -0.25) is 9.59 Å². The lowest BCUT2D eigenvalue weighted by molar-refractivity contribution is -0.151. The number of aromatic hydroxyl groups is 1. The number of hydrogen-bond donors (Lipinski definition) is 2. The zero-order valence-corrected chi connectivity index (χ0v) is 19.3. The van der Waals surface area contributed by atoms with Crippen LogP contribution in [0.5, 0.6) is 17.2 Å². The summed E-state index contributed by atoms with van der Waals surface area (Å²) >= 11 is 0. The Morgan fingerprint density at radius 3 is 2.26 bits per heavy atom. The average molecular weight is 465 g/mol. The largest absolute Gasteiger partial charge is 0.508 e. The fourth-order valence-electron chi connectivity index (χ4n) is 5.45. The number of fused-ring (bicyclic) bond motifs is 1. The predicted octanol–water partition coefficient (Wildman–Crippen LogP) is 4.10. The van der Waals surface area contributed by atoms with Gasteiger partial charge >= 0.3 is 0 Å². The molecule has 0 unspecified atom stereocenters. The molecule has 34 heavy (non-hydrogen) atoms. The van der Waals surface area contributed by atoms with Crippen molar-refractivity contribution in [3.63, 3.8) is 0 Å². The molecule has 2 N–H and O–H groups in total. The van der Waals surface area contributed by atoms with Gasteiger partial charge in [-0.15, -0.1) is 0 Å². The first-order valence-corrected chi connectivity index (χ1v) is 12.4. The minimum atomic E-state index is -0.825. The molecule has 0 saturated heterocycles. The fraction of sp³-hybridized carbons (Fsp3) is 0.481. The van der Waals surface area contributed by atoms with E-state index in [0.717, 1.165) is 51.4 Å². The second-order valence-corrected chi connectivity index (χ2v) is 9.53. The van der Waals surface area contributed by atoms with E-state index >= 15 is 0 Å². The molecular weight excluding hydrogens is 432 g/mol. The monoisotopic (exact) mass is 464 g/mol. The van der Waals surface area contributed by atoms with Crippen LogP contribution in [0, 0.1) is 0 Å². The van der Waals surface area contributed by atoms with Crippen LogP contribution in [0.2, 0.25) is 0 Å². The Kier molecular flexibility index (Phi) is 6.61. The van der Waals surface area contributed by atoms with E-state index in [0.29, 0.717) is 17.1 Å². The molecule has 7 nitrogen and oxygen atoms in total. The molecule has 2 aromatic rings. The first kappa shape index (κ1) is 22.6. The standard InChI is InChI=1S/C27H32N2O5/c30-21-15-13-18(14-16-21)25(26(31)28-19-7-1-2-8-19)29(20-9-3-4-10-20)27(32)24-17-33-22-11-5-6-12-23(22)34-24/h5-6,11-16,19-20,24-25,30H,1-4,7-10,17H2,(H,28,31)/t24-,25-/m0/s1. The van der Waals surface area contributed by atoms with Crippen LogP contribution in [0.25, 0.3) is 0 Å². The van der Waals surface area contributed by atoms with Gasteiger partial charge in [0.2, 0.25) is 12.0 Å². The van der Waals surface area contributed by atoms with E-state index in [9.17, 15) is 14.7 Å². The van der Waals surface area contributed by atoms with Crippen molar-refractivity contribution in [2.75, 3.05) is 6.61 Å². The van der Waals surface area contributed by atoms with Crippen molar-refractivity contribution in [3.05, 3.63) is 54.1 Å². The summed E-state index contributed by atoms with van der Waals surface area (Å²) in [7, 11) is 0. The van der Waals surface area contributed by atoms with Gasteiger partial charge < -0.3 is 24.8 Å². The zero-order valence-electron chi connectivity index (χ0n) is 19.3. The molecule has 2 aliphatic carbocycles. The average Bonchev–Trinajstić information content (AvgIpc) is 3.57. The van der Waals surface area contributed by atoms with Crippen LogP contribution in [0.4, 0.5) is 0 Å². The van der Waals surface area contributed by atoms with E-state index in [1.165, 1.54) is 0 Å². The molecule has 1 aliphatic heterocycles. The number of amides is 2. The molecule has 2 saturated carbocycles. The van der Waals surface area contributed by atoms with Gasteiger partial charge in [0.1, 0.15) is 18.4 Å². The molecule has 1 heterocycles. The summed E-state index contributed by atoms with van der Waals surface area (Å²) in [6, 6.07) is 13.2. The minimum absolute atomic E-state index is 0.0543. The smallest absolute Gasteiger partial charge is 0.268 e. The number of para-hydroxylation sites is 2. The van der Waals surface area contributed by atoms with Gasteiger partial charge in [-0.05, 0) is 55.5 Å². The van der Waals surface area contributed by atoms with Gasteiger partial charge in [-0.25, -0.2) is 0 Å². The normalized spacial score (nSPS) is 21.2. The minimum Gasteiger partial charge on any atom is -0.508 e. The molecule has 2 fully saturated rings. The molecule has 180 valence electrons. The summed E-state index contributed by atoms with van der Waals surface area (Å²) in [5.41, 5.74) is 0.686. The number of ether oxygens (including phenoxy) is 2. The molecule has 0 aromatic heterocycles. The highest BCUT2D eigenvalue weighted by Gasteiger charge is 2.42. The Morgan fingerprint density at radius 1 is 0.912 bits per heavy atom. The molecule has 2 aromatic carbocycles. The summed E-state index contributed by atoms with van der Waals surface area (Å²) in [4.78, 5) is 29.5. The first-order valence-electron chi connectivity index (χ1n) is 12.4. The van der Waals surface area contributed by atoms with Gasteiger partial charge in [-0.1, -0.05) is 49.9 Å². The van der Waals surface area contributed by atoms with Gasteiger partial charge in [0.15, 0.2) is 11.5 Å². The van der Waals surface area contributed by atoms with Crippen molar-refractivity contribution in [1.29, 1.82) is 0 Å². The van der Waals surface area contributed by atoms with Crippen LogP contribution in [0.15, 0.2) is 48.5 Å². The van der Waals surface area contributed by atoms with Crippen LogP contribution in [0.1, 0.15) is 63.0 Å². The third kappa shape index (κ3) is 4.69. The Hall–Kier alpha value is -3.22. The van der Waals surface area contributed by atoms with Crippen LogP contribution < -0.4 is 14.8 Å². The van der Waals surface area contributed by atoms with Crippen molar-refractivity contribution in [3.8, 4) is 17.2 Å². The van der Waals surface area contributed by atoms with Gasteiger partial charge in [0.05, 0.1) is 0 Å². The lowest BCUT2D eigenvalue weighted by Crippen LogP contribution is -2.55. The van der Waals surface area contributed by atoms with Crippen LogP contribution >= 0.6 is 0 Å². The number of carbonyl (C=O) groups is 2. The van der Waals surface area contributed by atoms with Crippen molar-refractivity contribution in [2.24, 2.45) is 0 Å². The maximum Gasteiger partial charge on any atom is 0.268 e. The molecular formula is C27H32N2O5. The lowest BCUT2D eigenvalue weighted by atomic mass is 9.99. The van der Waals surface area contributed by atoms with Crippen molar-refractivity contribution >= 4 is 11.8 Å². The number of carbonyl (C=O) groups excluding carboxylic acids is 2. The second-order valence-electron chi connectivity index (χ2n) is 9.53. The number of rotatable bonds is 6. The third-order valence-corrected chi connectivity index (χ3v) is 7.19. The van der Waals surface area contributed by atoms with E-state index in [2.05, 4.69) is 5.32 Å². The molecule has 5 rings (SSSR count). The Labute approximate surface area is 200 Å². The highest BCUT2D eigenvalue weighted by atomic mass is 16.6. The van der Waals surface area contributed by atoms with E-state index in [1.54, 1.807) is 35.2 Å². The summed E-state index contributed by atoms with van der Waals surface area (Å²) in [5.74, 6) is 0.872. The number of benzene rings is 2. The maximum atomic E-state index is 14.0. The van der Waals surface area contributed by atoms with Gasteiger partial charge in [-0.2, -0.15) is 0 Å². The molecule has 3 aliphatic rings. The molecule has 0 radical (unpaired) electrons. The van der Waals surface area contributed by atoms with Crippen molar-refractivity contribution in [1.82, 2.24) is 10.2 Å². The van der Waals surface area contributed by atoms with Crippen LogP contribution in [-0.2, 0) is 9.59 Å². The highest BCUT2D eigenvalue weighted by Crippen LogP contribution is 2.36. The van der Waals surface area contributed by atoms with E-state index in [-0.39, 0.29) is 36.3 Å². The van der Waals surface area contributed by atoms with E-state index in [1.807, 2.05) is 18.2 Å². The Morgan fingerprint density at radius 2 is 1.56 bits per heavy atom. The summed E-state index contributed by atoms with van der Waals surface area (Å²) < 4.78 is 11.9. The fourth-order valence-corrected chi connectivity index (χ4v) is 5.45. The maximum absolute atomic E-state index is 14.0. The Bertz CT molecular complexity index is 1010. The van der Waals surface area contributed by atoms with Crippen molar-refractivity contribution in [2.45, 2.75) is 75.6 Å². The zero-order chi connectivity index (χ0) is 23.5. The second kappa shape index (κ2) is 9.95. The van der Waals surface area contributed by atoms with Gasteiger partial charge in [0, 0.05) is 12.1 Å². The number of phenolic OH excluding ortho intramolecular Hbond substituents is 1. The van der Waals surface area contributed by atoms with E-state index < -0.39 is 12.1 Å². The van der Waals surface area contributed by atoms with E-state index in [4.69, 9.17) is 9.47 Å². The third-order valence-electron chi connectivity index (χ3n) is 7.19. The summed E-state index contributed by atoms with van der Waals surface area (Å²) in [5, 5.41) is 13.0.